The Morgan fingerprint density at radius 3 is 2.59 bits per heavy atom. The fourth-order valence-corrected chi connectivity index (χ4v) is 4.56. The Morgan fingerprint density at radius 2 is 1.79 bits per heavy atom. The first kappa shape index (κ1) is 18.0. The van der Waals surface area contributed by atoms with E-state index in [-0.39, 0.29) is 12.0 Å². The number of fused-ring (bicyclic) bond motifs is 3. The van der Waals surface area contributed by atoms with E-state index in [1.54, 1.807) is 12.1 Å². The molecule has 1 aliphatic carbocycles. The van der Waals surface area contributed by atoms with Crippen LogP contribution in [0.3, 0.4) is 0 Å². The highest BCUT2D eigenvalue weighted by molar-refractivity contribution is 6.30. The molecule has 0 fully saturated rings. The molecule has 4 heteroatoms. The largest absolute Gasteiger partial charge is 0.423 e. The first-order valence-corrected chi connectivity index (χ1v) is 10.2. The van der Waals surface area contributed by atoms with E-state index in [1.165, 1.54) is 11.1 Å². The molecule has 1 N–H and O–H groups in total. The smallest absolute Gasteiger partial charge is 0.343 e. The molecule has 3 aromatic carbocycles. The fraction of sp³-hybridized carbons (Fsp3) is 0.160. The van der Waals surface area contributed by atoms with Gasteiger partial charge in [0.15, 0.2) is 0 Å². The maximum Gasteiger partial charge on any atom is 0.343 e. The van der Waals surface area contributed by atoms with Crippen molar-refractivity contribution in [2.75, 3.05) is 5.32 Å². The van der Waals surface area contributed by atoms with Crippen LogP contribution in [0.25, 0.3) is 0 Å². The Hall–Kier alpha value is -3.04. The summed E-state index contributed by atoms with van der Waals surface area (Å²) < 4.78 is 5.51. The molecule has 0 saturated heterocycles. The average Bonchev–Trinajstić information content (AvgIpc) is 3.25. The molecule has 29 heavy (non-hydrogen) atoms. The van der Waals surface area contributed by atoms with Crippen molar-refractivity contribution in [3.05, 3.63) is 107 Å². The molecule has 1 heterocycles. The van der Waals surface area contributed by atoms with Crippen LogP contribution in [0.5, 0.6) is 5.75 Å². The van der Waals surface area contributed by atoms with Gasteiger partial charge in [-0.15, -0.1) is 0 Å². The van der Waals surface area contributed by atoms with Crippen LogP contribution in [-0.2, 0) is 0 Å². The minimum atomic E-state index is -0.347. The minimum absolute atomic E-state index is 0.197. The molecule has 0 saturated carbocycles. The second-order valence-electron chi connectivity index (χ2n) is 7.53. The lowest BCUT2D eigenvalue weighted by atomic mass is 9.77. The van der Waals surface area contributed by atoms with E-state index in [0.717, 1.165) is 17.1 Å². The topological polar surface area (TPSA) is 38.3 Å². The predicted molar refractivity (Wildman–Crippen MR) is 116 cm³/mol. The lowest BCUT2D eigenvalue weighted by Crippen LogP contribution is -2.29. The van der Waals surface area contributed by atoms with Crippen LogP contribution in [0.4, 0.5) is 5.69 Å². The summed E-state index contributed by atoms with van der Waals surface area (Å²) in [6, 6.07) is 23.1. The quantitative estimate of drug-likeness (QED) is 0.314. The normalized spacial score (nSPS) is 21.8. The maximum atomic E-state index is 12.3. The van der Waals surface area contributed by atoms with Gasteiger partial charge in [-0.2, -0.15) is 0 Å². The van der Waals surface area contributed by atoms with Crippen LogP contribution in [-0.4, -0.2) is 5.97 Å². The van der Waals surface area contributed by atoms with Gasteiger partial charge in [0.25, 0.3) is 0 Å². The van der Waals surface area contributed by atoms with Crippen molar-refractivity contribution in [3.63, 3.8) is 0 Å². The number of rotatable bonds is 3. The number of ether oxygens (including phenoxy) is 1. The van der Waals surface area contributed by atoms with Gasteiger partial charge in [0, 0.05) is 16.6 Å². The number of allylic oxidation sites excluding steroid dienone is 2. The summed E-state index contributed by atoms with van der Waals surface area (Å²) >= 11 is 6.23. The van der Waals surface area contributed by atoms with Crippen LogP contribution >= 0.6 is 11.6 Å². The van der Waals surface area contributed by atoms with Gasteiger partial charge in [-0.1, -0.05) is 54.1 Å². The summed E-state index contributed by atoms with van der Waals surface area (Å²) in [6.07, 6.45) is 5.58. The Kier molecular flexibility index (Phi) is 4.61. The zero-order chi connectivity index (χ0) is 19.8. The summed E-state index contributed by atoms with van der Waals surface area (Å²) in [6.45, 7) is 0. The van der Waals surface area contributed by atoms with Crippen LogP contribution in [0.15, 0.2) is 84.9 Å². The molecule has 0 aromatic heterocycles. The first-order valence-electron chi connectivity index (χ1n) is 9.79. The summed E-state index contributed by atoms with van der Waals surface area (Å²) in [5.74, 6) is 1.01. The van der Waals surface area contributed by atoms with Gasteiger partial charge in [0.2, 0.25) is 0 Å². The standard InChI is InChI=1S/C25H20ClNO2/c26-18-11-14-23-22(15-18)20-7-4-8-21(20)24(27-23)16-9-12-19(13-10-16)29-25(28)17-5-2-1-3-6-17/h1-7,9-15,20-21,24,27H,8H2/t20-,21+,24+/m1/s1. The predicted octanol–water partition coefficient (Wildman–Crippen LogP) is 6.39. The lowest BCUT2D eigenvalue weighted by Gasteiger charge is -2.37. The first-order chi connectivity index (χ1) is 14.2. The van der Waals surface area contributed by atoms with E-state index >= 15 is 0 Å². The number of halogens is 1. The van der Waals surface area contributed by atoms with Crippen LogP contribution in [0, 0.1) is 5.92 Å². The van der Waals surface area contributed by atoms with Gasteiger partial charge in [-0.3, -0.25) is 0 Å². The third-order valence-electron chi connectivity index (χ3n) is 5.78. The number of anilines is 1. The Balaban J connectivity index is 1.37. The van der Waals surface area contributed by atoms with Crippen molar-refractivity contribution >= 4 is 23.3 Å². The van der Waals surface area contributed by atoms with E-state index < -0.39 is 0 Å². The van der Waals surface area contributed by atoms with Gasteiger partial charge in [-0.25, -0.2) is 4.79 Å². The van der Waals surface area contributed by atoms with Crippen LogP contribution in [0.2, 0.25) is 5.02 Å². The molecule has 2 aliphatic rings. The molecular weight excluding hydrogens is 382 g/mol. The van der Waals surface area contributed by atoms with Gasteiger partial charge in [0.05, 0.1) is 11.6 Å². The second-order valence-corrected chi connectivity index (χ2v) is 7.97. The molecule has 3 atom stereocenters. The highest BCUT2D eigenvalue weighted by Crippen LogP contribution is 2.50. The van der Waals surface area contributed by atoms with Crippen molar-refractivity contribution in [2.45, 2.75) is 18.4 Å². The Bertz CT molecular complexity index is 1080. The lowest BCUT2D eigenvalue weighted by molar-refractivity contribution is 0.0734. The molecule has 3 aromatic rings. The number of esters is 1. The van der Waals surface area contributed by atoms with E-state index in [1.807, 2.05) is 48.5 Å². The number of benzene rings is 3. The van der Waals surface area contributed by atoms with Crippen molar-refractivity contribution in [2.24, 2.45) is 5.92 Å². The van der Waals surface area contributed by atoms with Gasteiger partial charge in [0.1, 0.15) is 5.75 Å². The number of hydrogen-bond donors (Lipinski definition) is 1. The molecular formula is C25H20ClNO2. The summed E-state index contributed by atoms with van der Waals surface area (Å²) in [4.78, 5) is 12.3. The minimum Gasteiger partial charge on any atom is -0.423 e. The van der Waals surface area contributed by atoms with Crippen molar-refractivity contribution in [1.82, 2.24) is 0 Å². The number of hydrogen-bond acceptors (Lipinski definition) is 3. The number of nitrogens with one attached hydrogen (secondary N) is 1. The van der Waals surface area contributed by atoms with Gasteiger partial charge >= 0.3 is 5.97 Å². The highest BCUT2D eigenvalue weighted by atomic mass is 35.5. The van der Waals surface area contributed by atoms with E-state index in [9.17, 15) is 4.79 Å². The molecule has 3 nitrogen and oxygen atoms in total. The molecule has 0 radical (unpaired) electrons. The van der Waals surface area contributed by atoms with Crippen LogP contribution < -0.4 is 10.1 Å². The van der Waals surface area contributed by atoms with E-state index in [2.05, 4.69) is 29.6 Å². The molecule has 0 amide bonds. The Morgan fingerprint density at radius 1 is 1.00 bits per heavy atom. The number of carbonyl (C=O) groups is 1. The van der Waals surface area contributed by atoms with Crippen molar-refractivity contribution in [1.29, 1.82) is 0 Å². The maximum absolute atomic E-state index is 12.3. The zero-order valence-corrected chi connectivity index (χ0v) is 16.5. The van der Waals surface area contributed by atoms with Gasteiger partial charge in [-0.05, 0) is 65.9 Å². The van der Waals surface area contributed by atoms with E-state index in [4.69, 9.17) is 16.3 Å². The monoisotopic (exact) mass is 401 g/mol. The highest BCUT2D eigenvalue weighted by Gasteiger charge is 2.37. The molecule has 5 rings (SSSR count). The summed E-state index contributed by atoms with van der Waals surface area (Å²) in [7, 11) is 0. The molecule has 0 spiro atoms. The third-order valence-corrected chi connectivity index (χ3v) is 6.02. The molecule has 1 aliphatic heterocycles. The van der Waals surface area contributed by atoms with Crippen molar-refractivity contribution in [3.8, 4) is 5.75 Å². The molecule has 0 bridgehead atoms. The van der Waals surface area contributed by atoms with E-state index in [0.29, 0.717) is 23.1 Å². The van der Waals surface area contributed by atoms with Crippen molar-refractivity contribution < 1.29 is 9.53 Å². The zero-order valence-electron chi connectivity index (χ0n) is 15.7. The molecule has 144 valence electrons. The summed E-state index contributed by atoms with van der Waals surface area (Å²) in [5, 5.41) is 4.46. The fourth-order valence-electron chi connectivity index (χ4n) is 4.38. The molecule has 0 unspecified atom stereocenters. The Labute approximate surface area is 175 Å². The second kappa shape index (κ2) is 7.41. The summed E-state index contributed by atoms with van der Waals surface area (Å²) in [5.41, 5.74) is 4.12. The van der Waals surface area contributed by atoms with Gasteiger partial charge < -0.3 is 10.1 Å². The SMILES string of the molecule is O=C(Oc1ccc([C@@H]2Nc3ccc(Cl)cc3[C@@H]3C=CC[C@@H]32)cc1)c1ccccc1. The average molecular weight is 402 g/mol. The number of carbonyl (C=O) groups excluding carboxylic acids is 1. The third kappa shape index (κ3) is 3.43. The van der Waals surface area contributed by atoms with Crippen LogP contribution in [0.1, 0.15) is 39.9 Å².